The summed E-state index contributed by atoms with van der Waals surface area (Å²) in [4.78, 5) is 3.38. The van der Waals surface area contributed by atoms with E-state index >= 15 is 0 Å². The van der Waals surface area contributed by atoms with E-state index in [9.17, 15) is 0 Å². The number of aryl methyl sites for hydroxylation is 1. The molecule has 1 heteroatoms. The lowest BCUT2D eigenvalue weighted by molar-refractivity contribution is 1.14. The van der Waals surface area contributed by atoms with E-state index in [1.165, 1.54) is 34.9 Å². The summed E-state index contributed by atoms with van der Waals surface area (Å²) in [6, 6.07) is 6.64. The van der Waals surface area contributed by atoms with E-state index < -0.39 is 0 Å². The van der Waals surface area contributed by atoms with Gasteiger partial charge in [0.2, 0.25) is 0 Å². The molecule has 0 spiro atoms. The Hall–Kier alpha value is -1.24. The molecule has 0 radical (unpaired) electrons. The second-order valence-corrected chi connectivity index (χ2v) is 4.02. The molecule has 0 aliphatic heterocycles. The quantitative estimate of drug-likeness (QED) is 0.677. The Morgan fingerprint density at radius 3 is 2.92 bits per heavy atom. The Bertz CT molecular complexity index is 449. The van der Waals surface area contributed by atoms with Crippen molar-refractivity contribution in [1.29, 1.82) is 0 Å². The molecular formula is C12H13N. The minimum Gasteiger partial charge on any atom is -0.361 e. The fraction of sp³-hybridized carbons (Fsp3) is 0.333. The summed E-state index contributed by atoms with van der Waals surface area (Å²) in [5.74, 6) is 0.835. The van der Waals surface area contributed by atoms with Crippen LogP contribution in [0.25, 0.3) is 10.9 Å². The third-order valence-corrected chi connectivity index (χ3v) is 2.97. The molecule has 13 heavy (non-hydrogen) atoms. The summed E-state index contributed by atoms with van der Waals surface area (Å²) in [6.45, 7) is 2.16. The Labute approximate surface area is 77.8 Å². The van der Waals surface area contributed by atoms with Crippen molar-refractivity contribution in [3.8, 4) is 0 Å². The van der Waals surface area contributed by atoms with Gasteiger partial charge in [-0.15, -0.1) is 0 Å². The van der Waals surface area contributed by atoms with Gasteiger partial charge in [0.05, 0.1) is 0 Å². The third kappa shape index (κ3) is 0.998. The van der Waals surface area contributed by atoms with Crippen LogP contribution < -0.4 is 0 Å². The van der Waals surface area contributed by atoms with Crippen LogP contribution in [0.1, 0.15) is 29.9 Å². The number of aromatic amines is 1. The largest absolute Gasteiger partial charge is 0.361 e. The van der Waals surface area contributed by atoms with E-state index in [-0.39, 0.29) is 0 Å². The fourth-order valence-corrected chi connectivity index (χ4v) is 2.05. The van der Waals surface area contributed by atoms with E-state index in [4.69, 9.17) is 0 Å². The molecule has 66 valence electrons. The van der Waals surface area contributed by atoms with Gasteiger partial charge in [-0.05, 0) is 36.8 Å². The van der Waals surface area contributed by atoms with Gasteiger partial charge in [-0.3, -0.25) is 0 Å². The van der Waals surface area contributed by atoms with Crippen LogP contribution in [-0.2, 0) is 0 Å². The van der Waals surface area contributed by atoms with Crippen molar-refractivity contribution in [3.63, 3.8) is 0 Å². The minimum atomic E-state index is 0.835. The van der Waals surface area contributed by atoms with E-state index in [0.717, 1.165) is 5.92 Å². The highest BCUT2D eigenvalue weighted by Gasteiger charge is 2.25. The molecule has 3 rings (SSSR count). The van der Waals surface area contributed by atoms with E-state index in [1.807, 2.05) is 0 Å². The van der Waals surface area contributed by atoms with Crippen LogP contribution in [0.2, 0.25) is 0 Å². The molecule has 1 N–H and O–H groups in total. The van der Waals surface area contributed by atoms with Gasteiger partial charge < -0.3 is 4.98 Å². The first kappa shape index (κ1) is 7.19. The topological polar surface area (TPSA) is 15.8 Å². The Morgan fingerprint density at radius 1 is 1.31 bits per heavy atom. The van der Waals surface area contributed by atoms with Gasteiger partial charge in [-0.25, -0.2) is 0 Å². The number of benzene rings is 1. The standard InChI is InChI=1S/C12H13N/c1-8-7-13-12-10(8)3-2-4-11(12)9-5-6-9/h2-4,7,9,13H,5-6H2,1H3. The lowest BCUT2D eigenvalue weighted by atomic mass is 10.1. The minimum absolute atomic E-state index is 0.835. The van der Waals surface area contributed by atoms with Crippen LogP contribution in [0.5, 0.6) is 0 Å². The SMILES string of the molecule is Cc1c[nH]c2c(C3CC3)cccc12. The summed E-state index contributed by atoms with van der Waals surface area (Å²) >= 11 is 0. The van der Waals surface area contributed by atoms with Gasteiger partial charge in [-0.1, -0.05) is 18.2 Å². The molecule has 1 heterocycles. The van der Waals surface area contributed by atoms with Crippen molar-refractivity contribution in [1.82, 2.24) is 4.98 Å². The average Bonchev–Trinajstić information content (AvgIpc) is 2.92. The summed E-state index contributed by atoms with van der Waals surface area (Å²) in [5.41, 5.74) is 4.24. The maximum absolute atomic E-state index is 3.38. The first-order valence-corrected chi connectivity index (χ1v) is 4.93. The zero-order chi connectivity index (χ0) is 8.84. The van der Waals surface area contributed by atoms with Crippen LogP contribution in [0, 0.1) is 6.92 Å². The van der Waals surface area contributed by atoms with Gasteiger partial charge in [0.15, 0.2) is 0 Å². The molecule has 1 saturated carbocycles. The lowest BCUT2D eigenvalue weighted by Gasteiger charge is -1.99. The van der Waals surface area contributed by atoms with Crippen LogP contribution >= 0.6 is 0 Å². The third-order valence-electron chi connectivity index (χ3n) is 2.97. The van der Waals surface area contributed by atoms with Gasteiger partial charge in [0, 0.05) is 17.1 Å². The molecular weight excluding hydrogens is 158 g/mol. The van der Waals surface area contributed by atoms with Crippen molar-refractivity contribution in [2.45, 2.75) is 25.7 Å². The second kappa shape index (κ2) is 2.38. The van der Waals surface area contributed by atoms with E-state index in [1.54, 1.807) is 0 Å². The predicted molar refractivity (Wildman–Crippen MR) is 55.0 cm³/mol. The molecule has 1 aliphatic rings. The monoisotopic (exact) mass is 171 g/mol. The van der Waals surface area contributed by atoms with Crippen molar-refractivity contribution in [3.05, 3.63) is 35.5 Å². The summed E-state index contributed by atoms with van der Waals surface area (Å²) in [5, 5.41) is 1.39. The van der Waals surface area contributed by atoms with Crippen LogP contribution in [-0.4, -0.2) is 4.98 Å². The van der Waals surface area contributed by atoms with Gasteiger partial charge in [0.1, 0.15) is 0 Å². The first-order valence-electron chi connectivity index (χ1n) is 4.93. The molecule has 2 aromatic rings. The molecule has 1 aromatic heterocycles. The molecule has 0 amide bonds. The summed E-state index contributed by atoms with van der Waals surface area (Å²) < 4.78 is 0. The van der Waals surface area contributed by atoms with Gasteiger partial charge >= 0.3 is 0 Å². The zero-order valence-electron chi connectivity index (χ0n) is 7.80. The molecule has 0 bridgehead atoms. The molecule has 1 nitrogen and oxygen atoms in total. The molecule has 0 saturated heterocycles. The van der Waals surface area contributed by atoms with E-state index in [2.05, 4.69) is 36.3 Å². The van der Waals surface area contributed by atoms with E-state index in [0.29, 0.717) is 0 Å². The maximum atomic E-state index is 3.38. The number of para-hydroxylation sites is 1. The lowest BCUT2D eigenvalue weighted by Crippen LogP contribution is -1.81. The molecule has 0 atom stereocenters. The number of rotatable bonds is 1. The zero-order valence-corrected chi connectivity index (χ0v) is 7.80. The highest BCUT2D eigenvalue weighted by Crippen LogP contribution is 2.42. The Kier molecular flexibility index (Phi) is 1.32. The van der Waals surface area contributed by atoms with Gasteiger partial charge in [-0.2, -0.15) is 0 Å². The Balaban J connectivity index is 2.33. The highest BCUT2D eigenvalue weighted by atomic mass is 14.7. The number of H-pyrrole nitrogens is 1. The molecule has 1 fully saturated rings. The average molecular weight is 171 g/mol. The normalized spacial score (nSPS) is 16.7. The van der Waals surface area contributed by atoms with Crippen molar-refractivity contribution in [2.75, 3.05) is 0 Å². The van der Waals surface area contributed by atoms with Gasteiger partial charge in [0.25, 0.3) is 0 Å². The molecule has 0 unspecified atom stereocenters. The maximum Gasteiger partial charge on any atom is 0.0492 e. The smallest absolute Gasteiger partial charge is 0.0492 e. The summed E-state index contributed by atoms with van der Waals surface area (Å²) in [6.07, 6.45) is 4.85. The predicted octanol–water partition coefficient (Wildman–Crippen LogP) is 3.35. The summed E-state index contributed by atoms with van der Waals surface area (Å²) in [7, 11) is 0. The van der Waals surface area contributed by atoms with Crippen LogP contribution in [0.4, 0.5) is 0 Å². The first-order chi connectivity index (χ1) is 6.36. The number of fused-ring (bicyclic) bond motifs is 1. The number of hydrogen-bond acceptors (Lipinski definition) is 0. The highest BCUT2D eigenvalue weighted by molar-refractivity contribution is 5.86. The number of hydrogen-bond donors (Lipinski definition) is 1. The fourth-order valence-electron chi connectivity index (χ4n) is 2.05. The molecule has 1 aromatic carbocycles. The van der Waals surface area contributed by atoms with Crippen molar-refractivity contribution < 1.29 is 0 Å². The van der Waals surface area contributed by atoms with Crippen molar-refractivity contribution >= 4 is 10.9 Å². The van der Waals surface area contributed by atoms with Crippen LogP contribution in [0.3, 0.4) is 0 Å². The molecule has 1 aliphatic carbocycles. The van der Waals surface area contributed by atoms with Crippen molar-refractivity contribution in [2.24, 2.45) is 0 Å². The second-order valence-electron chi connectivity index (χ2n) is 4.02. The number of aromatic nitrogens is 1. The Morgan fingerprint density at radius 2 is 2.15 bits per heavy atom. The van der Waals surface area contributed by atoms with Crippen LogP contribution in [0.15, 0.2) is 24.4 Å². The number of nitrogens with one attached hydrogen (secondary N) is 1.